The molecule has 1 aliphatic carbocycles. The molecule has 0 spiro atoms. The van der Waals surface area contributed by atoms with E-state index in [-0.39, 0.29) is 17.6 Å². The summed E-state index contributed by atoms with van der Waals surface area (Å²) in [5, 5.41) is 1.85. The van der Waals surface area contributed by atoms with Crippen LogP contribution in [-0.4, -0.2) is 0 Å². The van der Waals surface area contributed by atoms with Gasteiger partial charge in [0.25, 0.3) is 0 Å². The van der Waals surface area contributed by atoms with Gasteiger partial charge in [0.1, 0.15) is 29.8 Å². The van der Waals surface area contributed by atoms with E-state index in [9.17, 15) is 4.39 Å². The molecule has 0 amide bonds. The van der Waals surface area contributed by atoms with Crippen molar-refractivity contribution in [1.29, 1.82) is 0 Å². The summed E-state index contributed by atoms with van der Waals surface area (Å²) in [7, 11) is 1.89. The predicted molar refractivity (Wildman–Crippen MR) is 135 cm³/mol. The first-order chi connectivity index (χ1) is 17.0. The maximum atomic E-state index is 15.4. The molecule has 3 aromatic carbocycles. The Morgan fingerprint density at radius 2 is 1.49 bits per heavy atom. The van der Waals surface area contributed by atoms with Gasteiger partial charge in [0, 0.05) is 28.5 Å². The van der Waals surface area contributed by atoms with Gasteiger partial charge in [0.15, 0.2) is 6.20 Å². The summed E-state index contributed by atoms with van der Waals surface area (Å²) >= 11 is 0. The molecule has 1 aliphatic rings. The van der Waals surface area contributed by atoms with Crippen LogP contribution < -0.4 is 4.57 Å². The first-order valence-electron chi connectivity index (χ1n) is 12.4. The van der Waals surface area contributed by atoms with Crippen molar-refractivity contribution < 1.29 is 17.8 Å². The normalized spacial score (nSPS) is 18.4. The first-order valence-corrected chi connectivity index (χ1v) is 12.4. The molecule has 0 saturated heterocycles. The Bertz CT molecular complexity index is 1550. The highest BCUT2D eigenvalue weighted by Gasteiger charge is 2.29. The Morgan fingerprint density at radius 3 is 2.26 bits per heavy atom. The lowest BCUT2D eigenvalue weighted by Crippen LogP contribution is -2.30. The van der Waals surface area contributed by atoms with Crippen LogP contribution in [0.4, 0.5) is 8.78 Å². The van der Waals surface area contributed by atoms with Gasteiger partial charge in [-0.25, -0.2) is 13.3 Å². The number of nitrogens with zero attached hydrogens (tertiary/aromatic N) is 1. The van der Waals surface area contributed by atoms with E-state index in [4.69, 9.17) is 4.42 Å². The van der Waals surface area contributed by atoms with Crippen molar-refractivity contribution in [3.05, 3.63) is 101 Å². The fraction of sp³-hybridized carbons (Fsp3) is 0.258. The molecule has 0 atom stereocenters. The molecule has 2 nitrogen and oxygen atoms in total. The van der Waals surface area contributed by atoms with Gasteiger partial charge < -0.3 is 4.42 Å². The van der Waals surface area contributed by atoms with Crippen molar-refractivity contribution in [3.8, 4) is 11.3 Å². The Kier molecular flexibility index (Phi) is 5.40. The molecule has 2 heterocycles. The molecule has 0 bridgehead atoms. The third-order valence-electron chi connectivity index (χ3n) is 7.78. The van der Waals surface area contributed by atoms with Crippen molar-refractivity contribution in [1.82, 2.24) is 0 Å². The summed E-state index contributed by atoms with van der Waals surface area (Å²) in [6.45, 7) is 2.00. The molecular formula is C31H28F2NO+. The number of furan rings is 1. The molecule has 176 valence electrons. The first kappa shape index (κ1) is 22.0. The number of fused-ring (bicyclic) bond motifs is 3. The fourth-order valence-corrected chi connectivity index (χ4v) is 5.93. The zero-order valence-electron chi connectivity index (χ0n) is 20.0. The molecule has 2 aromatic heterocycles. The van der Waals surface area contributed by atoms with Gasteiger partial charge in [0.2, 0.25) is 5.69 Å². The fourth-order valence-electron chi connectivity index (χ4n) is 5.93. The Balaban J connectivity index is 1.47. The molecule has 0 N–H and O–H groups in total. The molecule has 0 radical (unpaired) electrons. The van der Waals surface area contributed by atoms with Crippen molar-refractivity contribution in [2.24, 2.45) is 7.05 Å². The smallest absolute Gasteiger partial charge is 0.219 e. The summed E-state index contributed by atoms with van der Waals surface area (Å²) in [5.74, 6) is 0.142. The molecule has 5 aromatic rings. The lowest BCUT2D eigenvalue weighted by Gasteiger charge is -2.29. The van der Waals surface area contributed by atoms with E-state index < -0.39 is 0 Å². The summed E-state index contributed by atoms with van der Waals surface area (Å²) in [5.41, 5.74) is 5.95. The Morgan fingerprint density at radius 1 is 0.800 bits per heavy atom. The van der Waals surface area contributed by atoms with Crippen LogP contribution in [-0.2, 0) is 7.05 Å². The van der Waals surface area contributed by atoms with Crippen molar-refractivity contribution in [2.45, 2.75) is 44.4 Å². The highest BCUT2D eigenvalue weighted by atomic mass is 19.1. The highest BCUT2D eigenvalue weighted by Crippen LogP contribution is 2.46. The largest absolute Gasteiger partial charge is 0.455 e. The minimum absolute atomic E-state index is 0.119. The van der Waals surface area contributed by atoms with Gasteiger partial charge in [0.05, 0.1) is 5.56 Å². The summed E-state index contributed by atoms with van der Waals surface area (Å²) in [4.78, 5) is 0. The van der Waals surface area contributed by atoms with E-state index >= 15 is 4.39 Å². The van der Waals surface area contributed by atoms with Crippen LogP contribution >= 0.6 is 0 Å². The van der Waals surface area contributed by atoms with E-state index in [1.54, 1.807) is 12.3 Å². The third kappa shape index (κ3) is 3.72. The Labute approximate surface area is 203 Å². The zero-order valence-corrected chi connectivity index (χ0v) is 20.0. The van der Waals surface area contributed by atoms with Gasteiger partial charge in [-0.1, -0.05) is 42.5 Å². The maximum Gasteiger partial charge on any atom is 0.219 e. The van der Waals surface area contributed by atoms with Gasteiger partial charge >= 0.3 is 0 Å². The van der Waals surface area contributed by atoms with E-state index in [1.807, 2.05) is 42.8 Å². The minimum atomic E-state index is -0.299. The number of pyridine rings is 1. The monoisotopic (exact) mass is 468 g/mol. The van der Waals surface area contributed by atoms with Crippen LogP contribution in [0.25, 0.3) is 33.2 Å². The van der Waals surface area contributed by atoms with Crippen LogP contribution in [0.5, 0.6) is 0 Å². The van der Waals surface area contributed by atoms with Crippen molar-refractivity contribution in [2.75, 3.05) is 0 Å². The standard InChI is InChI=1S/C31H28F2NO/c1-19-8-13-24-25-14-15-26(33)29(22-11-9-21(10-12-22)20-6-4-3-5-7-20)31(25)35-30(24)28(19)27-18-23(32)16-17-34(27)2/h3-8,13-18,21-22H,9-12H2,1-2H3/q+1. The van der Waals surface area contributed by atoms with Crippen molar-refractivity contribution in [3.63, 3.8) is 0 Å². The summed E-state index contributed by atoms with van der Waals surface area (Å²) in [6, 6.07) is 21.1. The second-order valence-electron chi connectivity index (χ2n) is 9.87. The molecular weight excluding hydrogens is 440 g/mol. The van der Waals surface area contributed by atoms with Crippen LogP contribution in [0.3, 0.4) is 0 Å². The number of hydrogen-bond acceptors (Lipinski definition) is 1. The average molecular weight is 469 g/mol. The van der Waals surface area contributed by atoms with Crippen molar-refractivity contribution >= 4 is 21.9 Å². The van der Waals surface area contributed by atoms with E-state index in [0.29, 0.717) is 22.6 Å². The van der Waals surface area contributed by atoms with Crippen LogP contribution in [0, 0.1) is 18.6 Å². The zero-order chi connectivity index (χ0) is 24.1. The van der Waals surface area contributed by atoms with Crippen LogP contribution in [0.15, 0.2) is 77.3 Å². The SMILES string of the molecule is Cc1ccc2c(oc3c(C4CCC(c5ccccc5)CC4)c(F)ccc32)c1-c1cc(F)cc[n+]1C. The number of hydrogen-bond donors (Lipinski definition) is 0. The molecule has 4 heteroatoms. The average Bonchev–Trinajstić information content (AvgIpc) is 3.24. The second-order valence-corrected chi connectivity index (χ2v) is 9.87. The molecule has 1 fully saturated rings. The molecule has 0 unspecified atom stereocenters. The van der Waals surface area contributed by atoms with E-state index in [2.05, 4.69) is 24.3 Å². The van der Waals surface area contributed by atoms with Crippen LogP contribution in [0.1, 0.15) is 54.2 Å². The number of benzene rings is 3. The van der Waals surface area contributed by atoms with E-state index in [1.165, 1.54) is 17.7 Å². The quantitative estimate of drug-likeness (QED) is 0.244. The molecule has 0 aliphatic heterocycles. The summed E-state index contributed by atoms with van der Waals surface area (Å²) < 4.78 is 38.0. The Hall–Kier alpha value is -3.53. The minimum Gasteiger partial charge on any atom is -0.455 e. The number of halogens is 2. The van der Waals surface area contributed by atoms with Gasteiger partial charge in [-0.3, -0.25) is 0 Å². The molecule has 1 saturated carbocycles. The lowest BCUT2D eigenvalue weighted by molar-refractivity contribution is -0.660. The third-order valence-corrected chi connectivity index (χ3v) is 7.78. The van der Waals surface area contributed by atoms with Gasteiger partial charge in [-0.2, -0.15) is 0 Å². The molecule has 35 heavy (non-hydrogen) atoms. The summed E-state index contributed by atoms with van der Waals surface area (Å²) in [6.07, 6.45) is 5.64. The van der Waals surface area contributed by atoms with Crippen LogP contribution in [0.2, 0.25) is 0 Å². The maximum absolute atomic E-state index is 15.4. The topological polar surface area (TPSA) is 17.0 Å². The highest BCUT2D eigenvalue weighted by molar-refractivity contribution is 6.10. The predicted octanol–water partition coefficient (Wildman–Crippen LogP) is 8.11. The molecule has 6 rings (SSSR count). The van der Waals surface area contributed by atoms with Gasteiger partial charge in [-0.05, 0) is 67.7 Å². The number of aryl methyl sites for hydroxylation is 2. The second kappa shape index (κ2) is 8.60. The van der Waals surface area contributed by atoms with Gasteiger partial charge in [-0.15, -0.1) is 0 Å². The number of rotatable bonds is 3. The van der Waals surface area contributed by atoms with E-state index in [0.717, 1.165) is 53.3 Å². The number of aromatic nitrogens is 1. The lowest BCUT2D eigenvalue weighted by atomic mass is 9.76.